The maximum atomic E-state index is 13.5. The second-order valence-corrected chi connectivity index (χ2v) is 9.31. The van der Waals surface area contributed by atoms with E-state index in [1.807, 2.05) is 6.92 Å². The Bertz CT molecular complexity index is 582. The number of carbonyl (C=O) groups is 3. The summed E-state index contributed by atoms with van der Waals surface area (Å²) in [6.45, 7) is 2.94. The molecule has 4 aliphatic carbocycles. The van der Waals surface area contributed by atoms with Crippen molar-refractivity contribution in [1.29, 1.82) is 0 Å². The Morgan fingerprint density at radius 1 is 1.07 bits per heavy atom. The van der Waals surface area contributed by atoms with E-state index in [-0.39, 0.29) is 23.8 Å². The van der Waals surface area contributed by atoms with Gasteiger partial charge in [0, 0.05) is 13.1 Å². The van der Waals surface area contributed by atoms with Crippen LogP contribution in [0.1, 0.15) is 64.7 Å². The highest BCUT2D eigenvalue weighted by Crippen LogP contribution is 2.60. The number of rotatable bonds is 6. The molecule has 0 radical (unpaired) electrons. The molecule has 1 saturated heterocycles. The van der Waals surface area contributed by atoms with Crippen LogP contribution >= 0.6 is 0 Å². The zero-order valence-electron chi connectivity index (χ0n) is 16.4. The molecule has 5 rings (SSSR count). The lowest BCUT2D eigenvalue weighted by molar-refractivity contribution is -0.166. The molecule has 4 bridgehead atoms. The molecule has 1 N–H and O–H groups in total. The summed E-state index contributed by atoms with van der Waals surface area (Å²) < 4.78 is 5.24. The molecule has 6 nitrogen and oxygen atoms in total. The van der Waals surface area contributed by atoms with Crippen molar-refractivity contribution in [2.75, 3.05) is 19.7 Å². The van der Waals surface area contributed by atoms with Gasteiger partial charge < -0.3 is 15.0 Å². The van der Waals surface area contributed by atoms with Gasteiger partial charge >= 0.3 is 5.97 Å². The minimum Gasteiger partial charge on any atom is -0.454 e. The monoisotopic (exact) mass is 376 g/mol. The third-order valence-corrected chi connectivity index (χ3v) is 7.20. The zero-order valence-corrected chi connectivity index (χ0v) is 16.4. The standard InChI is InChI=1S/C21H32N2O4/c1-2-5-22-18(24)13-27-19(25)17-4-3-6-23(17)20(26)21-10-14-7-15(11-21)9-16(8-14)12-21/h14-17H,2-13H2,1H3,(H,22,24)/t14?,15?,16?,17-,21?/m1/s1. The van der Waals surface area contributed by atoms with Gasteiger partial charge in [-0.1, -0.05) is 6.92 Å². The van der Waals surface area contributed by atoms with Gasteiger partial charge in [0.25, 0.3) is 5.91 Å². The predicted molar refractivity (Wildman–Crippen MR) is 99.6 cm³/mol. The van der Waals surface area contributed by atoms with Crippen LogP contribution in [0.2, 0.25) is 0 Å². The first-order valence-electron chi connectivity index (χ1n) is 10.7. The summed E-state index contributed by atoms with van der Waals surface area (Å²) in [5.41, 5.74) is -0.226. The molecular weight excluding hydrogens is 344 g/mol. The molecule has 4 saturated carbocycles. The van der Waals surface area contributed by atoms with Crippen molar-refractivity contribution in [1.82, 2.24) is 10.2 Å². The van der Waals surface area contributed by atoms with Crippen LogP contribution in [0.15, 0.2) is 0 Å². The van der Waals surface area contributed by atoms with Gasteiger partial charge in [-0.2, -0.15) is 0 Å². The quantitative estimate of drug-likeness (QED) is 0.722. The van der Waals surface area contributed by atoms with Gasteiger partial charge in [0.1, 0.15) is 6.04 Å². The van der Waals surface area contributed by atoms with Crippen LogP contribution < -0.4 is 5.32 Å². The number of esters is 1. The van der Waals surface area contributed by atoms with Gasteiger partial charge in [0.15, 0.2) is 6.61 Å². The molecule has 5 aliphatic rings. The Morgan fingerprint density at radius 2 is 1.70 bits per heavy atom. The topological polar surface area (TPSA) is 75.7 Å². The number of hydrogen-bond donors (Lipinski definition) is 1. The number of amides is 2. The highest BCUT2D eigenvalue weighted by molar-refractivity contribution is 5.90. The van der Waals surface area contributed by atoms with E-state index in [4.69, 9.17) is 4.74 Å². The Kier molecular flexibility index (Phi) is 5.17. The minimum absolute atomic E-state index is 0.191. The number of nitrogens with zero attached hydrogens (tertiary/aromatic N) is 1. The maximum Gasteiger partial charge on any atom is 0.329 e. The van der Waals surface area contributed by atoms with E-state index < -0.39 is 12.0 Å². The van der Waals surface area contributed by atoms with E-state index in [1.54, 1.807) is 4.90 Å². The van der Waals surface area contributed by atoms with Crippen LogP contribution in [0, 0.1) is 23.2 Å². The Morgan fingerprint density at radius 3 is 2.30 bits per heavy atom. The Balaban J connectivity index is 1.39. The molecule has 1 heterocycles. The molecular formula is C21H32N2O4. The minimum atomic E-state index is -0.510. The number of nitrogens with one attached hydrogen (secondary N) is 1. The predicted octanol–water partition coefficient (Wildman–Crippen LogP) is 2.26. The van der Waals surface area contributed by atoms with Crippen molar-refractivity contribution >= 4 is 17.8 Å². The Labute approximate surface area is 161 Å². The summed E-state index contributed by atoms with van der Waals surface area (Å²) in [5, 5.41) is 2.70. The van der Waals surface area contributed by atoms with E-state index in [9.17, 15) is 14.4 Å². The molecule has 1 aliphatic heterocycles. The molecule has 5 fully saturated rings. The fourth-order valence-corrected chi connectivity index (χ4v) is 6.48. The second-order valence-electron chi connectivity index (χ2n) is 9.31. The van der Waals surface area contributed by atoms with Crippen LogP contribution in [-0.2, 0) is 19.1 Å². The van der Waals surface area contributed by atoms with Crippen molar-refractivity contribution < 1.29 is 19.1 Å². The van der Waals surface area contributed by atoms with Crippen molar-refractivity contribution in [2.24, 2.45) is 23.2 Å². The van der Waals surface area contributed by atoms with Gasteiger partial charge in [-0.15, -0.1) is 0 Å². The van der Waals surface area contributed by atoms with Gasteiger partial charge in [-0.25, -0.2) is 4.79 Å². The van der Waals surface area contributed by atoms with Crippen molar-refractivity contribution in [3.05, 3.63) is 0 Å². The second kappa shape index (κ2) is 7.44. The molecule has 0 unspecified atom stereocenters. The summed E-state index contributed by atoms with van der Waals surface area (Å²) >= 11 is 0. The average Bonchev–Trinajstić information content (AvgIpc) is 3.12. The number of ether oxygens (including phenoxy) is 1. The molecule has 1 atom stereocenters. The zero-order chi connectivity index (χ0) is 19.0. The van der Waals surface area contributed by atoms with Crippen LogP contribution in [0.5, 0.6) is 0 Å². The van der Waals surface area contributed by atoms with Crippen LogP contribution in [0.25, 0.3) is 0 Å². The smallest absolute Gasteiger partial charge is 0.329 e. The number of carbonyl (C=O) groups excluding carboxylic acids is 3. The Hall–Kier alpha value is -1.59. The summed E-state index contributed by atoms with van der Waals surface area (Å²) in [7, 11) is 0. The summed E-state index contributed by atoms with van der Waals surface area (Å²) in [6, 6.07) is -0.510. The third-order valence-electron chi connectivity index (χ3n) is 7.20. The van der Waals surface area contributed by atoms with E-state index >= 15 is 0 Å². The average molecular weight is 376 g/mol. The van der Waals surface area contributed by atoms with E-state index in [0.29, 0.717) is 37.3 Å². The molecule has 27 heavy (non-hydrogen) atoms. The summed E-state index contributed by atoms with van der Waals surface area (Å²) in [6.07, 6.45) is 9.24. The maximum absolute atomic E-state index is 13.5. The lowest BCUT2D eigenvalue weighted by atomic mass is 9.49. The SMILES string of the molecule is CCCNC(=O)COC(=O)[C@H]1CCCN1C(=O)C12CC3CC(CC(C3)C1)C2. The first kappa shape index (κ1) is 18.8. The van der Waals surface area contributed by atoms with Gasteiger partial charge in [-0.05, 0) is 75.5 Å². The van der Waals surface area contributed by atoms with Crippen molar-refractivity contribution in [3.63, 3.8) is 0 Å². The summed E-state index contributed by atoms with van der Waals surface area (Å²) in [5.74, 6) is 1.61. The molecule has 0 aromatic carbocycles. The van der Waals surface area contributed by atoms with E-state index in [0.717, 1.165) is 32.1 Å². The van der Waals surface area contributed by atoms with Gasteiger partial charge in [-0.3, -0.25) is 9.59 Å². The highest BCUT2D eigenvalue weighted by Gasteiger charge is 2.56. The first-order valence-corrected chi connectivity index (χ1v) is 10.7. The molecule has 0 aromatic rings. The first-order chi connectivity index (χ1) is 13.0. The largest absolute Gasteiger partial charge is 0.454 e. The van der Waals surface area contributed by atoms with E-state index in [2.05, 4.69) is 5.32 Å². The van der Waals surface area contributed by atoms with Gasteiger partial charge in [0.05, 0.1) is 5.41 Å². The van der Waals surface area contributed by atoms with E-state index in [1.165, 1.54) is 19.3 Å². The molecule has 150 valence electrons. The van der Waals surface area contributed by atoms with Crippen LogP contribution in [0.3, 0.4) is 0 Å². The van der Waals surface area contributed by atoms with Gasteiger partial charge in [0.2, 0.25) is 5.91 Å². The third kappa shape index (κ3) is 3.59. The lowest BCUT2D eigenvalue weighted by Gasteiger charge is -2.56. The fraction of sp³-hybridized carbons (Fsp3) is 0.857. The summed E-state index contributed by atoms with van der Waals surface area (Å²) in [4.78, 5) is 39.6. The van der Waals surface area contributed by atoms with Crippen LogP contribution in [0.4, 0.5) is 0 Å². The normalized spacial score (nSPS) is 36.7. The molecule has 2 amide bonds. The number of hydrogen-bond acceptors (Lipinski definition) is 4. The molecule has 0 spiro atoms. The number of likely N-dealkylation sites (tertiary alicyclic amines) is 1. The molecule has 6 heteroatoms. The molecule has 0 aromatic heterocycles. The lowest BCUT2D eigenvalue weighted by Crippen LogP contribution is -2.56. The van der Waals surface area contributed by atoms with Crippen LogP contribution in [-0.4, -0.2) is 48.4 Å². The van der Waals surface area contributed by atoms with Crippen molar-refractivity contribution in [2.45, 2.75) is 70.8 Å². The fourth-order valence-electron chi connectivity index (χ4n) is 6.48. The highest BCUT2D eigenvalue weighted by atomic mass is 16.5. The van der Waals surface area contributed by atoms with Crippen molar-refractivity contribution in [3.8, 4) is 0 Å².